The van der Waals surface area contributed by atoms with Gasteiger partial charge in [0.1, 0.15) is 12.7 Å². The Bertz CT molecular complexity index is 335. The van der Waals surface area contributed by atoms with Crippen molar-refractivity contribution >= 4 is 23.1 Å². The van der Waals surface area contributed by atoms with Crippen molar-refractivity contribution in [3.05, 3.63) is 0 Å². The molecule has 0 bridgehead atoms. The summed E-state index contributed by atoms with van der Waals surface area (Å²) >= 11 is -1.06. The predicted octanol–water partition coefficient (Wildman–Crippen LogP) is 1.89. The summed E-state index contributed by atoms with van der Waals surface area (Å²) in [5.41, 5.74) is -0.895. The molecule has 0 aromatic carbocycles. The van der Waals surface area contributed by atoms with Crippen molar-refractivity contribution in [2.24, 2.45) is 10.8 Å². The van der Waals surface area contributed by atoms with Gasteiger partial charge in [-0.1, -0.05) is 0 Å². The molecule has 2 unspecified atom stereocenters. The van der Waals surface area contributed by atoms with E-state index in [2.05, 4.69) is 0 Å². The van der Waals surface area contributed by atoms with E-state index in [1.165, 1.54) is 6.26 Å². The molecule has 0 aromatic rings. The maximum atomic E-state index is 11.1. The van der Waals surface area contributed by atoms with Gasteiger partial charge in [-0.2, -0.15) is 0 Å². The lowest BCUT2D eigenvalue weighted by Crippen LogP contribution is -2.25. The zero-order valence-electron chi connectivity index (χ0n) is 14.6. The van der Waals surface area contributed by atoms with Crippen LogP contribution in [0.1, 0.15) is 41.5 Å². The third-order valence-electron chi connectivity index (χ3n) is 2.38. The van der Waals surface area contributed by atoms with Crippen LogP contribution in [-0.4, -0.2) is 48.0 Å². The lowest BCUT2D eigenvalue weighted by molar-refractivity contribution is -0.153. The van der Waals surface area contributed by atoms with E-state index in [-0.39, 0.29) is 24.0 Å². The summed E-state index contributed by atoms with van der Waals surface area (Å²) in [6.45, 7) is 11.9. The van der Waals surface area contributed by atoms with Crippen LogP contribution in [0.25, 0.3) is 0 Å². The van der Waals surface area contributed by atoms with E-state index in [0.717, 1.165) is 6.61 Å². The van der Waals surface area contributed by atoms with Crippen LogP contribution in [0, 0.1) is 10.8 Å². The van der Waals surface area contributed by atoms with Crippen LogP contribution in [0.3, 0.4) is 0 Å². The second-order valence-corrected chi connectivity index (χ2v) is 8.56. The fourth-order valence-electron chi connectivity index (χ4n) is 0.902. The number of hydrogen-bond acceptors (Lipinski definition) is 6. The molecule has 0 spiro atoms. The summed E-state index contributed by atoms with van der Waals surface area (Å²) in [7, 11) is 0. The van der Waals surface area contributed by atoms with E-state index in [9.17, 15) is 14.1 Å². The van der Waals surface area contributed by atoms with Gasteiger partial charge in [0.05, 0.1) is 23.7 Å². The van der Waals surface area contributed by atoms with E-state index in [0.29, 0.717) is 6.61 Å². The second kappa shape index (κ2) is 8.74. The number of hydrogen-bond donors (Lipinski definition) is 0. The molecule has 0 N–H and O–H groups in total. The van der Waals surface area contributed by atoms with Gasteiger partial charge in [0.2, 0.25) is 5.94 Å². The second-order valence-electron chi connectivity index (χ2n) is 7.18. The normalized spacial score (nSPS) is 18.6. The molecular formula is C15H28O6S. The molecule has 1 aliphatic rings. The molecule has 1 rings (SSSR count). The number of carbonyl (C=O) groups is 2. The number of epoxide rings is 1. The highest BCUT2D eigenvalue weighted by atomic mass is 32.2. The highest BCUT2D eigenvalue weighted by molar-refractivity contribution is 7.90. The minimum atomic E-state index is -1.06. The largest absolute Gasteiger partial charge is 0.614 e. The van der Waals surface area contributed by atoms with E-state index in [1.54, 1.807) is 20.8 Å². The number of rotatable bonds is 4. The van der Waals surface area contributed by atoms with E-state index >= 15 is 0 Å². The summed E-state index contributed by atoms with van der Waals surface area (Å²) < 4.78 is 25.1. The Morgan fingerprint density at radius 1 is 1.09 bits per heavy atom. The maximum absolute atomic E-state index is 11.1. The lowest BCUT2D eigenvalue weighted by Gasteiger charge is -2.16. The first-order valence-electron chi connectivity index (χ1n) is 7.10. The van der Waals surface area contributed by atoms with Crippen molar-refractivity contribution in [1.82, 2.24) is 0 Å². The molecular weight excluding hydrogens is 308 g/mol. The van der Waals surface area contributed by atoms with Crippen LogP contribution >= 0.6 is 0 Å². The average Bonchev–Trinajstić information content (AvgIpc) is 3.15. The van der Waals surface area contributed by atoms with Gasteiger partial charge in [-0.25, -0.2) is 0 Å². The Labute approximate surface area is 136 Å². The number of ether oxygens (including phenoxy) is 3. The first-order chi connectivity index (χ1) is 9.84. The number of esters is 2. The van der Waals surface area contributed by atoms with Crippen LogP contribution in [0.4, 0.5) is 0 Å². The smallest absolute Gasteiger partial charge is 0.314 e. The van der Waals surface area contributed by atoms with Gasteiger partial charge in [-0.3, -0.25) is 9.59 Å². The molecule has 7 heteroatoms. The Hall–Kier alpha value is -0.790. The minimum Gasteiger partial charge on any atom is -0.614 e. The van der Waals surface area contributed by atoms with Crippen LogP contribution < -0.4 is 0 Å². The van der Waals surface area contributed by atoms with Crippen molar-refractivity contribution in [3.8, 4) is 0 Å². The molecule has 0 aliphatic carbocycles. The van der Waals surface area contributed by atoms with Gasteiger partial charge in [-0.05, 0) is 52.7 Å². The van der Waals surface area contributed by atoms with Gasteiger partial charge in [0, 0.05) is 0 Å². The Morgan fingerprint density at radius 2 is 1.50 bits per heavy atom. The van der Waals surface area contributed by atoms with Crippen LogP contribution in [0.2, 0.25) is 0 Å². The summed E-state index contributed by atoms with van der Waals surface area (Å²) in [5, 5.41) is 0. The Kier molecular flexibility index (Phi) is 8.43. The van der Waals surface area contributed by atoms with Crippen molar-refractivity contribution in [2.45, 2.75) is 47.6 Å². The van der Waals surface area contributed by atoms with Crippen molar-refractivity contribution in [1.29, 1.82) is 0 Å². The molecule has 1 fully saturated rings. The molecule has 0 radical (unpaired) electrons. The summed E-state index contributed by atoms with van der Waals surface area (Å²) in [6.07, 6.45) is 1.66. The molecule has 1 heterocycles. The fourth-order valence-corrected chi connectivity index (χ4v) is 1.18. The third kappa shape index (κ3) is 10.9. The van der Waals surface area contributed by atoms with Crippen LogP contribution in [0.5, 0.6) is 0 Å². The first kappa shape index (κ1) is 21.2. The quantitative estimate of drug-likeness (QED) is 0.442. The summed E-state index contributed by atoms with van der Waals surface area (Å²) in [5.74, 6) is -0.475. The van der Waals surface area contributed by atoms with Crippen molar-refractivity contribution < 1.29 is 28.4 Å². The maximum Gasteiger partial charge on any atom is 0.314 e. The van der Waals surface area contributed by atoms with Gasteiger partial charge >= 0.3 is 11.9 Å². The predicted molar refractivity (Wildman–Crippen MR) is 84.6 cm³/mol. The Balaban J connectivity index is 0.000000401. The van der Waals surface area contributed by atoms with E-state index < -0.39 is 22.0 Å². The molecule has 22 heavy (non-hydrogen) atoms. The molecule has 2 atom stereocenters. The summed E-state index contributed by atoms with van der Waals surface area (Å²) in [4.78, 5) is 22.1. The lowest BCUT2D eigenvalue weighted by atomic mass is 9.97. The standard InChI is InChI=1S/C8H14O3.C7H14O3S/c1-8(2,3)7(9)11-5-6-4-10-6;1-7(2,3)6(8)10-5-11(4)9/h6H,4-5H2,1-3H3;5H2,1-4H3. The monoisotopic (exact) mass is 336 g/mol. The zero-order chi connectivity index (χ0) is 17.6. The highest BCUT2D eigenvalue weighted by Gasteiger charge is 2.28. The van der Waals surface area contributed by atoms with Gasteiger partial charge in [0.15, 0.2) is 0 Å². The molecule has 130 valence electrons. The average molecular weight is 336 g/mol. The van der Waals surface area contributed by atoms with E-state index in [4.69, 9.17) is 14.2 Å². The van der Waals surface area contributed by atoms with Crippen molar-refractivity contribution in [3.63, 3.8) is 0 Å². The third-order valence-corrected chi connectivity index (χ3v) is 2.83. The van der Waals surface area contributed by atoms with Gasteiger partial charge < -0.3 is 18.8 Å². The number of carbonyl (C=O) groups excluding carboxylic acids is 2. The van der Waals surface area contributed by atoms with Gasteiger partial charge in [0.25, 0.3) is 0 Å². The zero-order valence-corrected chi connectivity index (χ0v) is 15.4. The molecule has 1 saturated heterocycles. The SMILES string of the molecule is CC(C)(C)C(=O)OCC1CO1.C[S+]([O-])COC(=O)C(C)(C)C. The fraction of sp³-hybridized carbons (Fsp3) is 0.867. The van der Waals surface area contributed by atoms with E-state index in [1.807, 2.05) is 20.8 Å². The van der Waals surface area contributed by atoms with Gasteiger partial charge in [-0.15, -0.1) is 0 Å². The molecule has 6 nitrogen and oxygen atoms in total. The summed E-state index contributed by atoms with van der Waals surface area (Å²) in [6, 6.07) is 0. The topological polar surface area (TPSA) is 88.2 Å². The molecule has 1 aliphatic heterocycles. The van der Waals surface area contributed by atoms with Crippen molar-refractivity contribution in [2.75, 3.05) is 25.4 Å². The minimum absolute atomic E-state index is 0.00387. The van der Waals surface area contributed by atoms with Crippen LogP contribution in [-0.2, 0) is 35.0 Å². The molecule has 0 aromatic heterocycles. The molecule has 0 saturated carbocycles. The highest BCUT2D eigenvalue weighted by Crippen LogP contribution is 2.17. The van der Waals surface area contributed by atoms with Crippen LogP contribution in [0.15, 0.2) is 0 Å². The Morgan fingerprint density at radius 3 is 1.82 bits per heavy atom. The molecule has 0 amide bonds. The first-order valence-corrected chi connectivity index (χ1v) is 8.83.